The molecule has 0 aromatic rings. The second-order valence-electron chi connectivity index (χ2n) is 0. The Hall–Kier alpha value is 0.850. The van der Waals surface area contributed by atoms with E-state index in [9.17, 15) is 0 Å². The van der Waals surface area contributed by atoms with Crippen LogP contribution in [0.4, 0.5) is 0 Å². The van der Waals surface area contributed by atoms with E-state index in [2.05, 4.69) is 0 Å². The fourth-order valence-corrected chi connectivity index (χ4v) is 0. The van der Waals surface area contributed by atoms with Crippen molar-refractivity contribution in [1.29, 1.82) is 0 Å². The van der Waals surface area contributed by atoms with E-state index in [1.807, 2.05) is 0 Å². The van der Waals surface area contributed by atoms with Crippen molar-refractivity contribution in [2.75, 3.05) is 0 Å². The second kappa shape index (κ2) is 43.3. The molecule has 2 nitrogen and oxygen atoms in total. The normalized spacial score (nSPS) is 0. The Morgan fingerprint density at radius 1 is 1.00 bits per heavy atom. The van der Waals surface area contributed by atoms with E-state index in [0.29, 0.717) is 0 Å². The first-order valence-electron chi connectivity index (χ1n) is 0. The molecular weight excluding hydrogens is 72.0 g/mol. The average Bonchev–Trinajstić information content (AvgIpc) is 0. The Bertz CT molecular complexity index is 8.00. The van der Waals surface area contributed by atoms with Gasteiger partial charge in [-0.1, -0.05) is 0 Å². The van der Waals surface area contributed by atoms with Crippen LogP contribution in [0.25, 0.3) is 0 Å². The van der Waals surface area contributed by atoms with E-state index in [1.165, 1.54) is 0 Å². The van der Waals surface area contributed by atoms with Crippen LogP contribution in [-0.4, -0.2) is 5.48 Å². The summed E-state index contributed by atoms with van der Waals surface area (Å²) in [5, 5.41) is 0. The zero-order valence-electron chi connectivity index (χ0n) is 2.59. The average molecular weight is 77.0 g/mol. The van der Waals surface area contributed by atoms with E-state index in [4.69, 9.17) is 0 Å². The summed E-state index contributed by atoms with van der Waals surface area (Å²) >= 11 is 0. The molecule has 0 fully saturated rings. The molecule has 0 aliphatic rings. The van der Waals surface area contributed by atoms with Crippen LogP contribution in [0.15, 0.2) is 0 Å². The SMILES string of the molecule is N.O.[F-].[Na+]. The molecule has 4 heteroatoms. The van der Waals surface area contributed by atoms with Gasteiger partial charge < -0.3 is 16.3 Å². The molecule has 0 bridgehead atoms. The zero-order valence-corrected chi connectivity index (χ0v) is 4.59. The van der Waals surface area contributed by atoms with Gasteiger partial charge in [-0.25, -0.2) is 0 Å². The van der Waals surface area contributed by atoms with Crippen LogP contribution in [0, 0.1) is 0 Å². The largest absolute Gasteiger partial charge is 1.00 e. The number of rotatable bonds is 0. The summed E-state index contributed by atoms with van der Waals surface area (Å²) in [6, 6.07) is 0. The van der Waals surface area contributed by atoms with Crippen LogP contribution < -0.4 is 40.4 Å². The Balaban J connectivity index is 0. The third-order valence-corrected chi connectivity index (χ3v) is 0. The van der Waals surface area contributed by atoms with Crippen LogP contribution in [0.2, 0.25) is 0 Å². The molecule has 5 N–H and O–H groups in total. The molecule has 0 saturated heterocycles. The fourth-order valence-electron chi connectivity index (χ4n) is 0. The molecule has 4 heavy (non-hydrogen) atoms. The van der Waals surface area contributed by atoms with Crippen molar-refractivity contribution >= 4 is 0 Å². The van der Waals surface area contributed by atoms with E-state index in [1.54, 1.807) is 0 Å². The maximum absolute atomic E-state index is 0. The Morgan fingerprint density at radius 2 is 1.00 bits per heavy atom. The van der Waals surface area contributed by atoms with Gasteiger partial charge in [-0.05, 0) is 0 Å². The summed E-state index contributed by atoms with van der Waals surface area (Å²) < 4.78 is 0. The first kappa shape index (κ1) is 99.5. The standard InChI is InChI=1S/FH.H3N.Na.H2O/h1H;1H3;;1H2/q;;+1;/p-1. The topological polar surface area (TPSA) is 66.5 Å². The summed E-state index contributed by atoms with van der Waals surface area (Å²) in [6.45, 7) is 0. The van der Waals surface area contributed by atoms with Crippen LogP contribution >= 0.6 is 0 Å². The molecule has 0 amide bonds. The third-order valence-electron chi connectivity index (χ3n) is 0. The summed E-state index contributed by atoms with van der Waals surface area (Å²) in [7, 11) is 0. The van der Waals surface area contributed by atoms with Crippen LogP contribution in [0.3, 0.4) is 0 Å². The van der Waals surface area contributed by atoms with Gasteiger partial charge in [-0.3, -0.25) is 0 Å². The van der Waals surface area contributed by atoms with Gasteiger partial charge in [0.1, 0.15) is 0 Å². The monoisotopic (exact) mass is 77.0 g/mol. The molecule has 0 aromatic carbocycles. The molecule has 24 valence electrons. The summed E-state index contributed by atoms with van der Waals surface area (Å²) in [5.41, 5.74) is 0. The minimum atomic E-state index is 0. The van der Waals surface area contributed by atoms with Crippen molar-refractivity contribution in [3.8, 4) is 0 Å². The summed E-state index contributed by atoms with van der Waals surface area (Å²) in [4.78, 5) is 0. The van der Waals surface area contributed by atoms with Gasteiger partial charge in [0.25, 0.3) is 0 Å². The summed E-state index contributed by atoms with van der Waals surface area (Å²) in [6.07, 6.45) is 0. The van der Waals surface area contributed by atoms with Crippen LogP contribution in [0.5, 0.6) is 0 Å². The maximum Gasteiger partial charge on any atom is 1.00 e. The second-order valence-corrected chi connectivity index (χ2v) is 0. The molecule has 0 rings (SSSR count). The fraction of sp³-hybridized carbons (Fsp3) is 0. The predicted octanol–water partition coefficient (Wildman–Crippen LogP) is -6.65. The Morgan fingerprint density at radius 3 is 1.00 bits per heavy atom. The Kier molecular flexibility index (Phi) is 1080. The van der Waals surface area contributed by atoms with Gasteiger partial charge >= 0.3 is 29.6 Å². The zero-order chi connectivity index (χ0) is 0. The van der Waals surface area contributed by atoms with Crippen LogP contribution in [-0.2, 0) is 0 Å². The molecule has 0 aliphatic heterocycles. The Labute approximate surface area is 46.1 Å². The van der Waals surface area contributed by atoms with Crippen molar-refractivity contribution in [1.82, 2.24) is 6.15 Å². The molecule has 0 heterocycles. The van der Waals surface area contributed by atoms with Gasteiger partial charge in [0.05, 0.1) is 0 Å². The minimum Gasteiger partial charge on any atom is -1.00 e. The van der Waals surface area contributed by atoms with Crippen molar-refractivity contribution in [3.63, 3.8) is 0 Å². The van der Waals surface area contributed by atoms with Crippen molar-refractivity contribution < 1.29 is 39.7 Å². The van der Waals surface area contributed by atoms with E-state index >= 15 is 0 Å². The van der Waals surface area contributed by atoms with Gasteiger partial charge in [-0.15, -0.1) is 0 Å². The first-order chi connectivity index (χ1) is 0. The molecule has 0 aromatic heterocycles. The molecule has 0 atom stereocenters. The molecule has 0 aliphatic carbocycles. The van der Waals surface area contributed by atoms with Gasteiger partial charge in [0, 0.05) is 0 Å². The van der Waals surface area contributed by atoms with E-state index in [0.717, 1.165) is 0 Å². The smallest absolute Gasteiger partial charge is 1.00 e. The minimum absolute atomic E-state index is 0. The van der Waals surface area contributed by atoms with E-state index < -0.39 is 0 Å². The molecular formula is H5FNNaO. The van der Waals surface area contributed by atoms with Gasteiger partial charge in [0.15, 0.2) is 0 Å². The van der Waals surface area contributed by atoms with Crippen molar-refractivity contribution in [2.24, 2.45) is 0 Å². The van der Waals surface area contributed by atoms with E-state index in [-0.39, 0.29) is 45.9 Å². The van der Waals surface area contributed by atoms with Gasteiger partial charge in [0.2, 0.25) is 0 Å². The number of hydrogen-bond acceptors (Lipinski definition) is 1. The quantitative estimate of drug-likeness (QED) is 0.287. The van der Waals surface area contributed by atoms with Gasteiger partial charge in [-0.2, -0.15) is 0 Å². The molecule has 0 radical (unpaired) electrons. The molecule has 0 unspecified atom stereocenters. The summed E-state index contributed by atoms with van der Waals surface area (Å²) in [5.74, 6) is 0. The third kappa shape index (κ3) is 13.5. The number of halogens is 1. The predicted molar refractivity (Wildman–Crippen MR) is 8.64 cm³/mol. The first-order valence-corrected chi connectivity index (χ1v) is 0. The maximum atomic E-state index is 0. The number of hydrogen-bond donors (Lipinski definition) is 1. The molecule has 0 saturated carbocycles. The van der Waals surface area contributed by atoms with Crippen molar-refractivity contribution in [2.45, 2.75) is 0 Å². The van der Waals surface area contributed by atoms with Crippen molar-refractivity contribution in [3.05, 3.63) is 0 Å². The van der Waals surface area contributed by atoms with Crippen LogP contribution in [0.1, 0.15) is 0 Å². The molecule has 0 spiro atoms.